The van der Waals surface area contributed by atoms with E-state index in [4.69, 9.17) is 4.74 Å². The molecule has 1 aliphatic heterocycles. The van der Waals surface area contributed by atoms with Gasteiger partial charge in [-0.2, -0.15) is 0 Å². The quantitative estimate of drug-likeness (QED) is 0.728. The summed E-state index contributed by atoms with van der Waals surface area (Å²) in [5, 5.41) is 16.4. The first-order chi connectivity index (χ1) is 12.6. The molecule has 3 unspecified atom stereocenters. The zero-order valence-corrected chi connectivity index (χ0v) is 15.7. The van der Waals surface area contributed by atoms with Gasteiger partial charge in [-0.1, -0.05) is 13.3 Å². The number of hydrogen-bond acceptors (Lipinski definition) is 4. The Bertz CT molecular complexity index is 569. The van der Waals surface area contributed by atoms with E-state index in [-0.39, 0.29) is 18.1 Å². The molecule has 1 saturated heterocycles. The number of amides is 1. The monoisotopic (exact) mass is 360 g/mol. The number of carbonyl (C=O) groups excluding carboxylic acids is 1. The lowest BCUT2D eigenvalue weighted by atomic mass is 9.84. The summed E-state index contributed by atoms with van der Waals surface area (Å²) in [6, 6.07) is 7.48. The summed E-state index contributed by atoms with van der Waals surface area (Å²) in [5.41, 5.74) is 0.795. The van der Waals surface area contributed by atoms with Gasteiger partial charge in [-0.25, -0.2) is 0 Å². The molecule has 5 nitrogen and oxygen atoms in total. The van der Waals surface area contributed by atoms with Crippen molar-refractivity contribution in [3.8, 4) is 5.75 Å². The normalized spacial score (nSPS) is 25.5. The van der Waals surface area contributed by atoms with Crippen LogP contribution in [-0.2, 0) is 4.79 Å². The molecule has 0 spiro atoms. The summed E-state index contributed by atoms with van der Waals surface area (Å²) < 4.78 is 5.90. The Labute approximate surface area is 156 Å². The van der Waals surface area contributed by atoms with Crippen molar-refractivity contribution in [2.24, 2.45) is 11.8 Å². The summed E-state index contributed by atoms with van der Waals surface area (Å²) in [6.07, 6.45) is 6.28. The maximum atomic E-state index is 12.3. The summed E-state index contributed by atoms with van der Waals surface area (Å²) >= 11 is 0. The Balaban J connectivity index is 1.46. The van der Waals surface area contributed by atoms with E-state index >= 15 is 0 Å². The van der Waals surface area contributed by atoms with E-state index in [1.165, 1.54) is 0 Å². The highest BCUT2D eigenvalue weighted by Crippen LogP contribution is 2.26. The minimum Gasteiger partial charge on any atom is -0.488 e. The van der Waals surface area contributed by atoms with Gasteiger partial charge in [-0.05, 0) is 81.3 Å². The molecule has 2 fully saturated rings. The average molecular weight is 360 g/mol. The number of aliphatic hydroxyl groups is 1. The smallest absolute Gasteiger partial charge is 0.224 e. The van der Waals surface area contributed by atoms with Crippen LogP contribution in [0.1, 0.15) is 51.9 Å². The molecule has 3 atom stereocenters. The van der Waals surface area contributed by atoms with Crippen molar-refractivity contribution in [1.82, 2.24) is 5.32 Å². The fraction of sp³-hybridized carbons (Fsp3) is 0.667. The number of piperidine rings is 1. The second-order valence-corrected chi connectivity index (χ2v) is 7.85. The molecule has 0 radical (unpaired) electrons. The van der Waals surface area contributed by atoms with E-state index in [9.17, 15) is 9.90 Å². The van der Waals surface area contributed by atoms with Crippen molar-refractivity contribution in [2.75, 3.05) is 18.4 Å². The first-order valence-corrected chi connectivity index (χ1v) is 10.1. The molecule has 1 aliphatic carbocycles. The minimum atomic E-state index is -0.375. The van der Waals surface area contributed by atoms with Gasteiger partial charge in [0.25, 0.3) is 0 Å². The largest absolute Gasteiger partial charge is 0.488 e. The second-order valence-electron chi connectivity index (χ2n) is 7.85. The molecule has 1 amide bonds. The number of anilines is 1. The molecule has 0 bridgehead atoms. The van der Waals surface area contributed by atoms with Gasteiger partial charge in [-0.15, -0.1) is 0 Å². The lowest BCUT2D eigenvalue weighted by molar-refractivity contribution is -0.117. The second kappa shape index (κ2) is 9.38. The van der Waals surface area contributed by atoms with Crippen LogP contribution in [0.5, 0.6) is 5.75 Å². The van der Waals surface area contributed by atoms with E-state index in [1.54, 1.807) is 0 Å². The highest BCUT2D eigenvalue weighted by atomic mass is 16.5. The van der Waals surface area contributed by atoms with Gasteiger partial charge in [0.15, 0.2) is 0 Å². The Morgan fingerprint density at radius 1 is 1.19 bits per heavy atom. The lowest BCUT2D eigenvalue weighted by Crippen LogP contribution is -2.34. The van der Waals surface area contributed by atoms with Crippen molar-refractivity contribution < 1.29 is 14.6 Å². The highest BCUT2D eigenvalue weighted by Gasteiger charge is 2.25. The van der Waals surface area contributed by atoms with Crippen molar-refractivity contribution >= 4 is 11.6 Å². The third-order valence-corrected chi connectivity index (χ3v) is 5.79. The van der Waals surface area contributed by atoms with Crippen molar-refractivity contribution in [3.63, 3.8) is 0 Å². The fourth-order valence-electron chi connectivity index (χ4n) is 4.09. The number of benzene rings is 1. The third-order valence-electron chi connectivity index (χ3n) is 5.79. The molecule has 1 aromatic carbocycles. The summed E-state index contributed by atoms with van der Waals surface area (Å²) in [4.78, 5) is 12.3. The Hall–Kier alpha value is -1.59. The predicted molar refractivity (Wildman–Crippen MR) is 103 cm³/mol. The third kappa shape index (κ3) is 5.45. The molecule has 5 heteroatoms. The minimum absolute atomic E-state index is 0.0763. The van der Waals surface area contributed by atoms with Gasteiger partial charge in [-0.3, -0.25) is 4.79 Å². The zero-order chi connectivity index (χ0) is 18.4. The Kier molecular flexibility index (Phi) is 6.92. The average Bonchev–Trinajstić information content (AvgIpc) is 2.66. The Morgan fingerprint density at radius 2 is 1.88 bits per heavy atom. The van der Waals surface area contributed by atoms with Crippen LogP contribution < -0.4 is 15.4 Å². The number of aliphatic hydroxyl groups excluding tert-OH is 1. The molecule has 1 aromatic rings. The van der Waals surface area contributed by atoms with Crippen LogP contribution in [0.25, 0.3) is 0 Å². The van der Waals surface area contributed by atoms with Crippen LogP contribution >= 0.6 is 0 Å². The number of rotatable bonds is 6. The van der Waals surface area contributed by atoms with Gasteiger partial charge in [0, 0.05) is 12.1 Å². The number of hydrogen-bond donors (Lipinski definition) is 3. The van der Waals surface area contributed by atoms with Crippen LogP contribution in [0.3, 0.4) is 0 Å². The molecule has 3 rings (SSSR count). The molecule has 26 heavy (non-hydrogen) atoms. The molecule has 1 heterocycles. The molecule has 2 aliphatic rings. The van der Waals surface area contributed by atoms with E-state index in [2.05, 4.69) is 17.6 Å². The maximum Gasteiger partial charge on any atom is 0.224 e. The first-order valence-electron chi connectivity index (χ1n) is 10.1. The SMILES string of the molecule is CC(CC(=O)Nc1ccc(OC2CCCCC2O)cc1)C1CCNCC1. The molecule has 1 saturated carbocycles. The van der Waals surface area contributed by atoms with Crippen LogP contribution in [-0.4, -0.2) is 36.3 Å². The van der Waals surface area contributed by atoms with Gasteiger partial charge < -0.3 is 20.5 Å². The summed E-state index contributed by atoms with van der Waals surface area (Å²) in [5.74, 6) is 1.87. The van der Waals surface area contributed by atoms with Gasteiger partial charge in [0.05, 0.1) is 6.10 Å². The predicted octanol–water partition coefficient (Wildman–Crippen LogP) is 3.33. The number of ether oxygens (including phenoxy) is 1. The van der Waals surface area contributed by atoms with Crippen LogP contribution in [0.2, 0.25) is 0 Å². The highest BCUT2D eigenvalue weighted by molar-refractivity contribution is 5.90. The molecule has 3 N–H and O–H groups in total. The van der Waals surface area contributed by atoms with Crippen molar-refractivity contribution in [2.45, 2.75) is 64.1 Å². The fourth-order valence-corrected chi connectivity index (χ4v) is 4.09. The molecule has 144 valence electrons. The van der Waals surface area contributed by atoms with E-state index in [0.29, 0.717) is 18.3 Å². The molecular formula is C21H32N2O3. The number of nitrogens with one attached hydrogen (secondary N) is 2. The molecule has 0 aromatic heterocycles. The van der Waals surface area contributed by atoms with Crippen LogP contribution in [0.15, 0.2) is 24.3 Å². The van der Waals surface area contributed by atoms with E-state index < -0.39 is 0 Å². The van der Waals surface area contributed by atoms with E-state index in [0.717, 1.165) is 63.1 Å². The summed E-state index contributed by atoms with van der Waals surface area (Å²) in [7, 11) is 0. The summed E-state index contributed by atoms with van der Waals surface area (Å²) in [6.45, 7) is 4.31. The standard InChI is InChI=1S/C21H32N2O3/c1-15(16-10-12-22-13-11-16)14-21(25)23-17-6-8-18(9-7-17)26-20-5-3-2-4-19(20)24/h6-9,15-16,19-20,22,24H,2-5,10-14H2,1H3,(H,23,25). The van der Waals surface area contributed by atoms with Crippen LogP contribution in [0.4, 0.5) is 5.69 Å². The van der Waals surface area contributed by atoms with Crippen molar-refractivity contribution in [1.29, 1.82) is 0 Å². The topological polar surface area (TPSA) is 70.6 Å². The maximum absolute atomic E-state index is 12.3. The molecular weight excluding hydrogens is 328 g/mol. The van der Waals surface area contributed by atoms with E-state index in [1.807, 2.05) is 24.3 Å². The van der Waals surface area contributed by atoms with Crippen molar-refractivity contribution in [3.05, 3.63) is 24.3 Å². The lowest BCUT2D eigenvalue weighted by Gasteiger charge is -2.28. The van der Waals surface area contributed by atoms with Gasteiger partial charge in [0.2, 0.25) is 5.91 Å². The Morgan fingerprint density at radius 3 is 2.58 bits per heavy atom. The van der Waals surface area contributed by atoms with Gasteiger partial charge >= 0.3 is 0 Å². The first kappa shape index (κ1) is 19.2. The van der Waals surface area contributed by atoms with Gasteiger partial charge in [0.1, 0.15) is 11.9 Å². The number of carbonyl (C=O) groups is 1. The van der Waals surface area contributed by atoms with Crippen LogP contribution in [0, 0.1) is 11.8 Å². The zero-order valence-electron chi connectivity index (χ0n) is 15.7.